The van der Waals surface area contributed by atoms with Crippen molar-refractivity contribution in [2.75, 3.05) is 6.54 Å². The molecule has 0 heterocycles. The minimum absolute atomic E-state index is 0.415. The number of ether oxygens (including phenoxy) is 1. The van der Waals surface area contributed by atoms with E-state index in [2.05, 4.69) is 5.32 Å². The van der Waals surface area contributed by atoms with Gasteiger partial charge in [-0.3, -0.25) is 0 Å². The first kappa shape index (κ1) is 15.5. The molecule has 1 amide bonds. The van der Waals surface area contributed by atoms with Crippen LogP contribution in [-0.2, 0) is 4.74 Å². The van der Waals surface area contributed by atoms with E-state index in [0.717, 1.165) is 5.56 Å². The molecule has 0 aromatic heterocycles. The molecule has 0 saturated carbocycles. The number of hydrogen-bond acceptors (Lipinski definition) is 3. The Morgan fingerprint density at radius 1 is 1.32 bits per heavy atom. The molecule has 0 aliphatic rings. The average molecular weight is 265 g/mol. The van der Waals surface area contributed by atoms with Crippen LogP contribution in [0.4, 0.5) is 4.79 Å². The maximum atomic E-state index is 11.4. The Bertz CT molecular complexity index is 384. The van der Waals surface area contributed by atoms with Crippen LogP contribution in [0.1, 0.15) is 45.3 Å². The van der Waals surface area contributed by atoms with Crippen molar-refractivity contribution in [3.63, 3.8) is 0 Å². The zero-order valence-corrected chi connectivity index (χ0v) is 11.8. The number of hydrogen-bond donors (Lipinski definition) is 2. The van der Waals surface area contributed by atoms with Gasteiger partial charge in [0.1, 0.15) is 5.60 Å². The van der Waals surface area contributed by atoms with Crippen LogP contribution in [-0.4, -0.2) is 23.3 Å². The monoisotopic (exact) mass is 265 g/mol. The summed E-state index contributed by atoms with van der Waals surface area (Å²) < 4.78 is 5.12. The summed E-state index contributed by atoms with van der Waals surface area (Å²) in [5.41, 5.74) is 0.424. The van der Waals surface area contributed by atoms with Crippen LogP contribution < -0.4 is 5.32 Å². The number of alkyl carbamates (subject to hydrolysis) is 1. The van der Waals surface area contributed by atoms with Gasteiger partial charge in [0.2, 0.25) is 0 Å². The molecule has 0 radical (unpaired) electrons. The smallest absolute Gasteiger partial charge is 0.407 e. The van der Waals surface area contributed by atoms with Gasteiger partial charge in [0.25, 0.3) is 0 Å². The highest BCUT2D eigenvalue weighted by molar-refractivity contribution is 5.67. The summed E-state index contributed by atoms with van der Waals surface area (Å²) in [5.74, 6) is 0. The van der Waals surface area contributed by atoms with Crippen LogP contribution in [0.5, 0.6) is 0 Å². The standard InChI is InChI=1S/C15H23NO3/c1-15(2,3)19-14(18)16-11-7-10-13(17)12-8-5-4-6-9-12/h4-6,8-9,13,17H,7,10-11H2,1-3H3,(H,16,18). The number of aliphatic hydroxyl groups excluding tert-OH is 1. The van der Waals surface area contributed by atoms with Crippen LogP contribution >= 0.6 is 0 Å². The Kier molecular flexibility index (Phi) is 5.83. The molecule has 0 spiro atoms. The van der Waals surface area contributed by atoms with E-state index < -0.39 is 17.8 Å². The van der Waals surface area contributed by atoms with Gasteiger partial charge in [-0.15, -0.1) is 0 Å². The van der Waals surface area contributed by atoms with Crippen LogP contribution in [0, 0.1) is 0 Å². The second-order valence-electron chi connectivity index (χ2n) is 5.50. The fraction of sp³-hybridized carbons (Fsp3) is 0.533. The first-order valence-corrected chi connectivity index (χ1v) is 6.58. The number of carbonyl (C=O) groups is 1. The summed E-state index contributed by atoms with van der Waals surface area (Å²) in [5, 5.41) is 12.6. The second-order valence-corrected chi connectivity index (χ2v) is 5.50. The number of carbonyl (C=O) groups excluding carboxylic acids is 1. The largest absolute Gasteiger partial charge is 0.444 e. The van der Waals surface area contributed by atoms with Crippen molar-refractivity contribution in [3.8, 4) is 0 Å². The molecule has 1 unspecified atom stereocenters. The highest BCUT2D eigenvalue weighted by Gasteiger charge is 2.15. The third-order valence-corrected chi connectivity index (χ3v) is 2.51. The van der Waals surface area contributed by atoms with E-state index in [1.165, 1.54) is 0 Å². The lowest BCUT2D eigenvalue weighted by Gasteiger charge is -2.19. The van der Waals surface area contributed by atoms with Gasteiger partial charge in [0.15, 0.2) is 0 Å². The first-order valence-electron chi connectivity index (χ1n) is 6.58. The summed E-state index contributed by atoms with van der Waals surface area (Å²) in [4.78, 5) is 11.4. The molecule has 0 bridgehead atoms. The molecule has 1 aromatic carbocycles. The lowest BCUT2D eigenvalue weighted by atomic mass is 10.1. The summed E-state index contributed by atoms with van der Waals surface area (Å²) in [7, 11) is 0. The molecular weight excluding hydrogens is 242 g/mol. The van der Waals surface area contributed by atoms with E-state index in [1.807, 2.05) is 51.1 Å². The van der Waals surface area contributed by atoms with Crippen molar-refractivity contribution in [1.29, 1.82) is 0 Å². The van der Waals surface area contributed by atoms with Crippen LogP contribution in [0.25, 0.3) is 0 Å². The third kappa shape index (κ3) is 6.82. The molecule has 1 atom stereocenters. The SMILES string of the molecule is CC(C)(C)OC(=O)NCCCC(O)c1ccccc1. The maximum Gasteiger partial charge on any atom is 0.407 e. The summed E-state index contributed by atoms with van der Waals surface area (Å²) in [6, 6.07) is 9.51. The minimum Gasteiger partial charge on any atom is -0.444 e. The van der Waals surface area contributed by atoms with Gasteiger partial charge < -0.3 is 15.2 Å². The molecule has 0 saturated heterocycles. The Labute approximate surface area is 114 Å². The Morgan fingerprint density at radius 3 is 2.53 bits per heavy atom. The van der Waals surface area contributed by atoms with E-state index in [4.69, 9.17) is 4.74 Å². The lowest BCUT2D eigenvalue weighted by Crippen LogP contribution is -2.33. The van der Waals surface area contributed by atoms with Crippen molar-refractivity contribution < 1.29 is 14.6 Å². The second kappa shape index (κ2) is 7.14. The van der Waals surface area contributed by atoms with Crippen molar-refractivity contribution in [3.05, 3.63) is 35.9 Å². The maximum absolute atomic E-state index is 11.4. The van der Waals surface area contributed by atoms with Gasteiger partial charge in [0, 0.05) is 6.54 Å². The third-order valence-electron chi connectivity index (χ3n) is 2.51. The lowest BCUT2D eigenvalue weighted by molar-refractivity contribution is 0.0523. The van der Waals surface area contributed by atoms with Gasteiger partial charge >= 0.3 is 6.09 Å². The van der Waals surface area contributed by atoms with Gasteiger partial charge in [-0.1, -0.05) is 30.3 Å². The Morgan fingerprint density at radius 2 is 1.95 bits per heavy atom. The summed E-state index contributed by atoms with van der Waals surface area (Å²) in [6.45, 7) is 5.97. The molecule has 4 nitrogen and oxygen atoms in total. The van der Waals surface area contributed by atoms with Crippen molar-refractivity contribution >= 4 is 6.09 Å². The highest BCUT2D eigenvalue weighted by atomic mass is 16.6. The minimum atomic E-state index is -0.485. The first-order chi connectivity index (χ1) is 8.88. The molecular formula is C15H23NO3. The molecule has 1 aromatic rings. The predicted octanol–water partition coefficient (Wildman–Crippen LogP) is 3.02. The molecule has 4 heteroatoms. The number of aliphatic hydroxyl groups is 1. The van der Waals surface area contributed by atoms with Gasteiger partial charge in [-0.25, -0.2) is 4.79 Å². The van der Waals surface area contributed by atoms with E-state index in [9.17, 15) is 9.90 Å². The Hall–Kier alpha value is -1.55. The van der Waals surface area contributed by atoms with E-state index in [-0.39, 0.29) is 0 Å². The normalized spacial score (nSPS) is 12.8. The Balaban J connectivity index is 2.19. The highest BCUT2D eigenvalue weighted by Crippen LogP contribution is 2.17. The number of amides is 1. The molecule has 106 valence electrons. The van der Waals surface area contributed by atoms with Crippen LogP contribution in [0.15, 0.2) is 30.3 Å². The average Bonchev–Trinajstić information content (AvgIpc) is 2.33. The van der Waals surface area contributed by atoms with Crippen molar-refractivity contribution in [2.45, 2.75) is 45.3 Å². The topological polar surface area (TPSA) is 58.6 Å². The quantitative estimate of drug-likeness (QED) is 0.804. The number of benzene rings is 1. The van der Waals surface area contributed by atoms with Gasteiger partial charge in [-0.2, -0.15) is 0 Å². The zero-order chi connectivity index (χ0) is 14.3. The fourth-order valence-corrected chi connectivity index (χ4v) is 1.64. The summed E-state index contributed by atoms with van der Waals surface area (Å²) in [6.07, 6.45) is 0.415. The molecule has 0 aliphatic heterocycles. The molecule has 1 rings (SSSR count). The van der Waals surface area contributed by atoms with Crippen molar-refractivity contribution in [2.24, 2.45) is 0 Å². The van der Waals surface area contributed by atoms with Gasteiger partial charge in [0.05, 0.1) is 6.10 Å². The van der Waals surface area contributed by atoms with Crippen LogP contribution in [0.2, 0.25) is 0 Å². The van der Waals surface area contributed by atoms with Crippen molar-refractivity contribution in [1.82, 2.24) is 5.32 Å². The number of rotatable bonds is 5. The zero-order valence-electron chi connectivity index (χ0n) is 11.8. The van der Waals surface area contributed by atoms with Crippen LogP contribution in [0.3, 0.4) is 0 Å². The van der Waals surface area contributed by atoms with E-state index >= 15 is 0 Å². The fourth-order valence-electron chi connectivity index (χ4n) is 1.64. The molecule has 2 N–H and O–H groups in total. The van der Waals surface area contributed by atoms with E-state index in [0.29, 0.717) is 19.4 Å². The molecule has 19 heavy (non-hydrogen) atoms. The summed E-state index contributed by atoms with van der Waals surface area (Å²) >= 11 is 0. The van der Waals surface area contributed by atoms with E-state index in [1.54, 1.807) is 0 Å². The molecule has 0 aliphatic carbocycles. The molecule has 0 fully saturated rings. The predicted molar refractivity (Wildman–Crippen MR) is 74.9 cm³/mol. The number of nitrogens with one attached hydrogen (secondary N) is 1. The van der Waals surface area contributed by atoms with Gasteiger partial charge in [-0.05, 0) is 39.2 Å².